The minimum atomic E-state index is 0.488. The molecule has 0 bridgehead atoms. The van der Waals surface area contributed by atoms with Crippen molar-refractivity contribution in [2.24, 2.45) is 11.1 Å². The van der Waals surface area contributed by atoms with Gasteiger partial charge >= 0.3 is 0 Å². The third-order valence-corrected chi connectivity index (χ3v) is 3.44. The summed E-state index contributed by atoms with van der Waals surface area (Å²) in [5.74, 6) is 1.08. The van der Waals surface area contributed by atoms with Gasteiger partial charge in [0.15, 0.2) is 0 Å². The van der Waals surface area contributed by atoms with Crippen LogP contribution in [0.3, 0.4) is 0 Å². The summed E-state index contributed by atoms with van der Waals surface area (Å²) in [6.07, 6.45) is 2.48. The maximum absolute atomic E-state index is 5.61. The minimum absolute atomic E-state index is 0.488. The van der Waals surface area contributed by atoms with Gasteiger partial charge in [-0.25, -0.2) is 4.98 Å². The highest BCUT2D eigenvalue weighted by atomic mass is 15.2. The second-order valence-corrected chi connectivity index (χ2v) is 5.34. The van der Waals surface area contributed by atoms with E-state index in [1.807, 2.05) is 12.1 Å². The Hall–Kier alpha value is -1.09. The highest BCUT2D eigenvalue weighted by Crippen LogP contribution is 2.31. The zero-order chi connectivity index (χ0) is 11.6. The number of hydrogen-bond donors (Lipinski definition) is 1. The van der Waals surface area contributed by atoms with Crippen LogP contribution < -0.4 is 10.6 Å². The van der Waals surface area contributed by atoms with E-state index in [0.717, 1.165) is 24.6 Å². The van der Waals surface area contributed by atoms with Crippen molar-refractivity contribution in [3.05, 3.63) is 23.9 Å². The van der Waals surface area contributed by atoms with Crippen molar-refractivity contribution in [1.29, 1.82) is 0 Å². The summed E-state index contributed by atoms with van der Waals surface area (Å²) in [6.45, 7) is 7.41. The Bertz CT molecular complexity index is 350. The molecule has 1 fully saturated rings. The molecule has 0 atom stereocenters. The zero-order valence-corrected chi connectivity index (χ0v) is 10.2. The molecule has 1 saturated heterocycles. The lowest BCUT2D eigenvalue weighted by Crippen LogP contribution is -2.37. The molecule has 88 valence electrons. The lowest BCUT2D eigenvalue weighted by Gasteiger charge is -2.37. The molecule has 16 heavy (non-hydrogen) atoms. The van der Waals surface area contributed by atoms with Crippen molar-refractivity contribution in [3.63, 3.8) is 0 Å². The number of rotatable bonds is 2. The first-order chi connectivity index (χ1) is 7.61. The normalized spacial score (nSPS) is 19.8. The molecule has 0 unspecified atom stereocenters. The SMILES string of the molecule is CC1(C)CCN(c2cccc(CN)n2)CC1. The molecule has 1 aliphatic heterocycles. The lowest BCUT2D eigenvalue weighted by molar-refractivity contribution is 0.279. The van der Waals surface area contributed by atoms with Crippen LogP contribution in [-0.2, 0) is 6.54 Å². The monoisotopic (exact) mass is 219 g/mol. The summed E-state index contributed by atoms with van der Waals surface area (Å²) in [5.41, 5.74) is 7.07. The van der Waals surface area contributed by atoms with Crippen molar-refractivity contribution < 1.29 is 0 Å². The van der Waals surface area contributed by atoms with Crippen LogP contribution in [0.2, 0.25) is 0 Å². The molecule has 1 aromatic heterocycles. The van der Waals surface area contributed by atoms with E-state index in [4.69, 9.17) is 5.73 Å². The van der Waals surface area contributed by atoms with E-state index in [1.54, 1.807) is 0 Å². The molecule has 0 aliphatic carbocycles. The Balaban J connectivity index is 2.08. The molecule has 2 N–H and O–H groups in total. The Labute approximate surface area is 97.7 Å². The molecule has 0 spiro atoms. The standard InChI is InChI=1S/C13H21N3/c1-13(2)6-8-16(9-7-13)12-5-3-4-11(10-14)15-12/h3-5H,6-10,14H2,1-2H3. The molecular formula is C13H21N3. The van der Waals surface area contributed by atoms with Crippen LogP contribution in [0, 0.1) is 5.41 Å². The second-order valence-electron chi connectivity index (χ2n) is 5.34. The van der Waals surface area contributed by atoms with E-state index >= 15 is 0 Å². The van der Waals surface area contributed by atoms with E-state index in [1.165, 1.54) is 12.8 Å². The van der Waals surface area contributed by atoms with Gasteiger partial charge in [-0.05, 0) is 30.4 Å². The largest absolute Gasteiger partial charge is 0.357 e. The quantitative estimate of drug-likeness (QED) is 0.829. The topological polar surface area (TPSA) is 42.1 Å². The summed E-state index contributed by atoms with van der Waals surface area (Å²) in [7, 11) is 0. The lowest BCUT2D eigenvalue weighted by atomic mass is 9.83. The maximum Gasteiger partial charge on any atom is 0.128 e. The number of hydrogen-bond acceptors (Lipinski definition) is 3. The number of aromatic nitrogens is 1. The Kier molecular flexibility index (Phi) is 3.15. The second kappa shape index (κ2) is 4.42. The third-order valence-electron chi connectivity index (χ3n) is 3.44. The number of nitrogens with zero attached hydrogens (tertiary/aromatic N) is 2. The van der Waals surface area contributed by atoms with Gasteiger partial charge in [-0.1, -0.05) is 19.9 Å². The predicted molar refractivity (Wildman–Crippen MR) is 67.4 cm³/mol. The summed E-state index contributed by atoms with van der Waals surface area (Å²) in [5, 5.41) is 0. The molecule has 3 heteroatoms. The summed E-state index contributed by atoms with van der Waals surface area (Å²) >= 11 is 0. The van der Waals surface area contributed by atoms with Gasteiger partial charge in [0, 0.05) is 19.6 Å². The molecule has 2 rings (SSSR count). The van der Waals surface area contributed by atoms with E-state index in [9.17, 15) is 0 Å². The average molecular weight is 219 g/mol. The molecule has 3 nitrogen and oxygen atoms in total. The van der Waals surface area contributed by atoms with Crippen molar-refractivity contribution >= 4 is 5.82 Å². The molecule has 1 aromatic rings. The van der Waals surface area contributed by atoms with Gasteiger partial charge in [0.25, 0.3) is 0 Å². The minimum Gasteiger partial charge on any atom is -0.357 e. The van der Waals surface area contributed by atoms with E-state index in [-0.39, 0.29) is 0 Å². The average Bonchev–Trinajstić information content (AvgIpc) is 2.29. The predicted octanol–water partition coefficient (Wildman–Crippen LogP) is 2.17. The third kappa shape index (κ3) is 2.53. The summed E-state index contributed by atoms with van der Waals surface area (Å²) in [6, 6.07) is 6.11. The number of piperidine rings is 1. The Morgan fingerprint density at radius 2 is 2.00 bits per heavy atom. The fourth-order valence-electron chi connectivity index (χ4n) is 2.10. The first kappa shape index (κ1) is 11.4. The van der Waals surface area contributed by atoms with E-state index in [0.29, 0.717) is 12.0 Å². The molecule has 0 aromatic carbocycles. The fraction of sp³-hybridized carbons (Fsp3) is 0.615. The van der Waals surface area contributed by atoms with E-state index < -0.39 is 0 Å². The zero-order valence-electron chi connectivity index (χ0n) is 10.2. The molecule has 2 heterocycles. The molecule has 0 amide bonds. The molecule has 0 saturated carbocycles. The van der Waals surface area contributed by atoms with Gasteiger partial charge in [-0.3, -0.25) is 0 Å². The van der Waals surface area contributed by atoms with Gasteiger partial charge in [-0.15, -0.1) is 0 Å². The van der Waals surface area contributed by atoms with Gasteiger partial charge < -0.3 is 10.6 Å². The van der Waals surface area contributed by atoms with Crippen LogP contribution in [0.4, 0.5) is 5.82 Å². The highest BCUT2D eigenvalue weighted by molar-refractivity contribution is 5.39. The molecule has 0 radical (unpaired) electrons. The van der Waals surface area contributed by atoms with Crippen LogP contribution in [-0.4, -0.2) is 18.1 Å². The Morgan fingerprint density at radius 3 is 2.62 bits per heavy atom. The number of pyridine rings is 1. The maximum atomic E-state index is 5.61. The van der Waals surface area contributed by atoms with Crippen LogP contribution in [0.5, 0.6) is 0 Å². The van der Waals surface area contributed by atoms with Crippen molar-refractivity contribution in [3.8, 4) is 0 Å². The number of anilines is 1. The van der Waals surface area contributed by atoms with E-state index in [2.05, 4.69) is 29.8 Å². The fourth-order valence-corrected chi connectivity index (χ4v) is 2.10. The Morgan fingerprint density at radius 1 is 1.31 bits per heavy atom. The van der Waals surface area contributed by atoms with Gasteiger partial charge in [0.2, 0.25) is 0 Å². The van der Waals surface area contributed by atoms with Gasteiger partial charge in [0.1, 0.15) is 5.82 Å². The molecule has 1 aliphatic rings. The van der Waals surface area contributed by atoms with Gasteiger partial charge in [-0.2, -0.15) is 0 Å². The smallest absolute Gasteiger partial charge is 0.128 e. The van der Waals surface area contributed by atoms with Crippen LogP contribution in [0.25, 0.3) is 0 Å². The van der Waals surface area contributed by atoms with Crippen LogP contribution >= 0.6 is 0 Å². The van der Waals surface area contributed by atoms with Crippen molar-refractivity contribution in [2.75, 3.05) is 18.0 Å². The van der Waals surface area contributed by atoms with Crippen molar-refractivity contribution in [1.82, 2.24) is 4.98 Å². The first-order valence-electron chi connectivity index (χ1n) is 6.02. The summed E-state index contributed by atoms with van der Waals surface area (Å²) < 4.78 is 0. The summed E-state index contributed by atoms with van der Waals surface area (Å²) in [4.78, 5) is 6.93. The first-order valence-corrected chi connectivity index (χ1v) is 6.02. The molecular weight excluding hydrogens is 198 g/mol. The van der Waals surface area contributed by atoms with Crippen LogP contribution in [0.1, 0.15) is 32.4 Å². The number of nitrogens with two attached hydrogens (primary N) is 1. The van der Waals surface area contributed by atoms with Crippen LogP contribution in [0.15, 0.2) is 18.2 Å². The van der Waals surface area contributed by atoms with Gasteiger partial charge in [0.05, 0.1) is 5.69 Å². The van der Waals surface area contributed by atoms with Crippen molar-refractivity contribution in [2.45, 2.75) is 33.2 Å². The highest BCUT2D eigenvalue weighted by Gasteiger charge is 2.25.